The first kappa shape index (κ1) is 15.3. The fraction of sp³-hybridized carbons (Fsp3) is 0.467. The number of nitrogens with zero attached hydrogens (tertiary/aromatic N) is 4. The summed E-state index contributed by atoms with van der Waals surface area (Å²) in [4.78, 5) is 29.5. The first-order valence-electron chi connectivity index (χ1n) is 7.60. The van der Waals surface area contributed by atoms with E-state index in [9.17, 15) is 9.59 Å². The van der Waals surface area contributed by atoms with Gasteiger partial charge in [0, 0.05) is 25.5 Å². The molecule has 3 N–H and O–H groups in total. The third-order valence-electron chi connectivity index (χ3n) is 4.23. The molecule has 1 saturated heterocycles. The topological polar surface area (TPSA) is 106 Å². The van der Waals surface area contributed by atoms with Crippen LogP contribution in [0.2, 0.25) is 0 Å². The summed E-state index contributed by atoms with van der Waals surface area (Å²) in [6.07, 6.45) is 3.15. The Labute approximate surface area is 133 Å². The molecule has 0 aromatic carbocycles. The molecule has 3 rings (SSSR count). The SMILES string of the molecule is Cc1nn(C)c2ncc(NC(=O)[C@@H]3CCCN(C(N)=O)C3)cc12. The van der Waals surface area contributed by atoms with E-state index >= 15 is 0 Å². The van der Waals surface area contributed by atoms with E-state index in [1.165, 1.54) is 4.90 Å². The van der Waals surface area contributed by atoms with Crippen LogP contribution >= 0.6 is 0 Å². The van der Waals surface area contributed by atoms with Crippen molar-refractivity contribution in [2.24, 2.45) is 18.7 Å². The molecule has 1 aliphatic heterocycles. The number of fused-ring (bicyclic) bond motifs is 1. The smallest absolute Gasteiger partial charge is 0.314 e. The van der Waals surface area contributed by atoms with Crippen molar-refractivity contribution in [1.82, 2.24) is 19.7 Å². The van der Waals surface area contributed by atoms with Crippen LogP contribution in [0.5, 0.6) is 0 Å². The van der Waals surface area contributed by atoms with E-state index in [2.05, 4.69) is 15.4 Å². The van der Waals surface area contributed by atoms with Gasteiger partial charge in [0.25, 0.3) is 0 Å². The summed E-state index contributed by atoms with van der Waals surface area (Å²) in [5.74, 6) is -0.361. The van der Waals surface area contributed by atoms with Crippen LogP contribution in [0.4, 0.5) is 10.5 Å². The second-order valence-corrected chi connectivity index (χ2v) is 5.92. The average molecular weight is 316 g/mol. The van der Waals surface area contributed by atoms with Crippen molar-refractivity contribution in [2.45, 2.75) is 19.8 Å². The molecule has 2 aromatic heterocycles. The van der Waals surface area contributed by atoms with Crippen molar-refractivity contribution >= 4 is 28.7 Å². The summed E-state index contributed by atoms with van der Waals surface area (Å²) in [7, 11) is 1.83. The number of aromatic nitrogens is 3. The van der Waals surface area contributed by atoms with Gasteiger partial charge in [0.1, 0.15) is 0 Å². The minimum absolute atomic E-state index is 0.112. The van der Waals surface area contributed by atoms with E-state index in [1.54, 1.807) is 10.9 Å². The Bertz CT molecular complexity index is 769. The molecule has 8 heteroatoms. The zero-order chi connectivity index (χ0) is 16.6. The number of pyridine rings is 1. The quantitative estimate of drug-likeness (QED) is 0.862. The summed E-state index contributed by atoms with van der Waals surface area (Å²) in [6.45, 7) is 2.88. The van der Waals surface area contributed by atoms with Gasteiger partial charge in [-0.05, 0) is 25.8 Å². The van der Waals surface area contributed by atoms with Gasteiger partial charge in [-0.2, -0.15) is 5.10 Å². The van der Waals surface area contributed by atoms with Gasteiger partial charge in [-0.25, -0.2) is 9.78 Å². The normalized spacial score (nSPS) is 18.2. The number of primary amides is 1. The Morgan fingerprint density at radius 1 is 1.43 bits per heavy atom. The molecule has 23 heavy (non-hydrogen) atoms. The number of amides is 3. The fourth-order valence-corrected chi connectivity index (χ4v) is 3.01. The molecule has 3 amide bonds. The van der Waals surface area contributed by atoms with Crippen LogP contribution in [0.25, 0.3) is 11.0 Å². The van der Waals surface area contributed by atoms with Gasteiger partial charge in [0.2, 0.25) is 5.91 Å². The molecule has 0 aliphatic carbocycles. The van der Waals surface area contributed by atoms with Gasteiger partial charge in [-0.3, -0.25) is 9.48 Å². The van der Waals surface area contributed by atoms with Gasteiger partial charge in [-0.1, -0.05) is 0 Å². The lowest BCUT2D eigenvalue weighted by molar-refractivity contribution is -0.121. The number of piperidine rings is 1. The number of hydrogen-bond acceptors (Lipinski definition) is 4. The minimum atomic E-state index is -0.475. The number of nitrogens with one attached hydrogen (secondary N) is 1. The molecule has 2 aromatic rings. The number of likely N-dealkylation sites (tertiary alicyclic amines) is 1. The molecule has 122 valence electrons. The van der Waals surface area contributed by atoms with Crippen LogP contribution in [-0.4, -0.2) is 44.7 Å². The summed E-state index contributed by atoms with van der Waals surface area (Å²) >= 11 is 0. The third-order valence-corrected chi connectivity index (χ3v) is 4.23. The molecule has 1 fully saturated rings. The predicted octanol–water partition coefficient (Wildman–Crippen LogP) is 1.01. The molecule has 0 bridgehead atoms. The van der Waals surface area contributed by atoms with Crippen LogP contribution in [0.1, 0.15) is 18.5 Å². The van der Waals surface area contributed by atoms with E-state index in [1.807, 2.05) is 20.0 Å². The van der Waals surface area contributed by atoms with E-state index < -0.39 is 6.03 Å². The fourth-order valence-electron chi connectivity index (χ4n) is 3.01. The average Bonchev–Trinajstić information content (AvgIpc) is 2.81. The van der Waals surface area contributed by atoms with Gasteiger partial charge in [0.05, 0.1) is 23.5 Å². The predicted molar refractivity (Wildman–Crippen MR) is 85.8 cm³/mol. The van der Waals surface area contributed by atoms with E-state index in [-0.39, 0.29) is 11.8 Å². The zero-order valence-corrected chi connectivity index (χ0v) is 13.2. The lowest BCUT2D eigenvalue weighted by atomic mass is 9.97. The largest absolute Gasteiger partial charge is 0.351 e. The second-order valence-electron chi connectivity index (χ2n) is 5.92. The van der Waals surface area contributed by atoms with Gasteiger partial charge < -0.3 is 16.0 Å². The first-order chi connectivity index (χ1) is 11.0. The van der Waals surface area contributed by atoms with Crippen molar-refractivity contribution in [2.75, 3.05) is 18.4 Å². The molecular formula is C15H20N6O2. The van der Waals surface area contributed by atoms with Gasteiger partial charge in [0.15, 0.2) is 5.65 Å². The van der Waals surface area contributed by atoms with Crippen molar-refractivity contribution in [3.8, 4) is 0 Å². The number of hydrogen-bond donors (Lipinski definition) is 2. The lowest BCUT2D eigenvalue weighted by Crippen LogP contribution is -2.46. The molecule has 0 saturated carbocycles. The van der Waals surface area contributed by atoms with Gasteiger partial charge >= 0.3 is 6.03 Å². The van der Waals surface area contributed by atoms with Crippen LogP contribution in [-0.2, 0) is 11.8 Å². The molecule has 1 aliphatic rings. The molecular weight excluding hydrogens is 296 g/mol. The Hall–Kier alpha value is -2.64. The first-order valence-corrected chi connectivity index (χ1v) is 7.60. The number of nitrogens with two attached hydrogens (primary N) is 1. The molecule has 0 spiro atoms. The maximum atomic E-state index is 12.4. The maximum Gasteiger partial charge on any atom is 0.314 e. The molecule has 1 atom stereocenters. The van der Waals surface area contributed by atoms with Crippen molar-refractivity contribution in [3.63, 3.8) is 0 Å². The van der Waals surface area contributed by atoms with Crippen LogP contribution in [0, 0.1) is 12.8 Å². The van der Waals surface area contributed by atoms with E-state index in [4.69, 9.17) is 5.73 Å². The Kier molecular flexibility index (Phi) is 3.89. The van der Waals surface area contributed by atoms with Crippen molar-refractivity contribution < 1.29 is 9.59 Å². The zero-order valence-electron chi connectivity index (χ0n) is 13.2. The molecule has 3 heterocycles. The minimum Gasteiger partial charge on any atom is -0.351 e. The summed E-state index contributed by atoms with van der Waals surface area (Å²) in [6, 6.07) is 1.40. The standard InChI is InChI=1S/C15H20N6O2/c1-9-12-6-11(7-17-13(12)20(2)19-9)18-14(22)10-4-3-5-21(8-10)15(16)23/h6-7,10H,3-5,8H2,1-2H3,(H2,16,23)(H,18,22)/t10-/m1/s1. The van der Waals surface area contributed by atoms with E-state index in [0.717, 1.165) is 29.6 Å². The van der Waals surface area contributed by atoms with Crippen molar-refractivity contribution in [3.05, 3.63) is 18.0 Å². The van der Waals surface area contributed by atoms with Gasteiger partial charge in [-0.15, -0.1) is 0 Å². The summed E-state index contributed by atoms with van der Waals surface area (Å²) in [5.41, 5.74) is 7.57. The lowest BCUT2D eigenvalue weighted by Gasteiger charge is -2.30. The molecule has 0 radical (unpaired) electrons. The number of rotatable bonds is 2. The summed E-state index contributed by atoms with van der Waals surface area (Å²) < 4.78 is 1.71. The highest BCUT2D eigenvalue weighted by atomic mass is 16.2. The highest BCUT2D eigenvalue weighted by molar-refractivity contribution is 5.95. The van der Waals surface area contributed by atoms with E-state index in [0.29, 0.717) is 18.8 Å². The number of aryl methyl sites for hydroxylation is 2. The molecule has 8 nitrogen and oxygen atoms in total. The number of carbonyl (C=O) groups is 2. The maximum absolute atomic E-state index is 12.4. The summed E-state index contributed by atoms with van der Waals surface area (Å²) in [5, 5.41) is 8.11. The van der Waals surface area contributed by atoms with Crippen LogP contribution < -0.4 is 11.1 Å². The highest BCUT2D eigenvalue weighted by Crippen LogP contribution is 2.22. The third kappa shape index (κ3) is 2.96. The number of carbonyl (C=O) groups excluding carboxylic acids is 2. The Morgan fingerprint density at radius 3 is 2.96 bits per heavy atom. The monoisotopic (exact) mass is 316 g/mol. The highest BCUT2D eigenvalue weighted by Gasteiger charge is 2.27. The second kappa shape index (κ2) is 5.86. The van der Waals surface area contributed by atoms with Crippen LogP contribution in [0.15, 0.2) is 12.3 Å². The molecule has 0 unspecified atom stereocenters. The Balaban J connectivity index is 1.75. The van der Waals surface area contributed by atoms with Crippen LogP contribution in [0.3, 0.4) is 0 Å². The Morgan fingerprint density at radius 2 is 2.22 bits per heavy atom. The number of anilines is 1. The number of urea groups is 1. The van der Waals surface area contributed by atoms with Crippen molar-refractivity contribution in [1.29, 1.82) is 0 Å².